The number of hydrogen-bond donors (Lipinski definition) is 12. The number of ether oxygens (including phenoxy) is 1. The van der Waals surface area contributed by atoms with E-state index in [2.05, 4.69) is 5.32 Å². The molecular weight excluding hydrogens is 866 g/mol. The van der Waals surface area contributed by atoms with Gasteiger partial charge in [-0.1, -0.05) is 0 Å². The smallest absolute Gasteiger partial charge is 0.319 e. The number of aliphatic hydroxyl groups is 7. The molecule has 26 heteroatoms. The molecule has 2 saturated heterocycles. The van der Waals surface area contributed by atoms with Crippen molar-refractivity contribution in [3.63, 3.8) is 0 Å². The molecule has 0 aliphatic carbocycles. The fourth-order valence-electron chi connectivity index (χ4n) is 7.71. The van der Waals surface area contributed by atoms with Crippen LogP contribution in [-0.2, 0) is 28.7 Å². The van der Waals surface area contributed by atoms with Gasteiger partial charge in [0, 0.05) is 137 Å². The molecule has 2 fully saturated rings. The van der Waals surface area contributed by atoms with Crippen molar-refractivity contribution in [1.29, 1.82) is 0 Å². The van der Waals surface area contributed by atoms with Gasteiger partial charge in [0.2, 0.25) is 0 Å². The Morgan fingerprint density at radius 2 is 0.785 bits per heavy atom. The zero-order valence-electron chi connectivity index (χ0n) is 37.5. The minimum absolute atomic E-state index is 0.0111. The number of β-amino-alcohol motifs (C(OH)–C–C–N with tert-alkyl or cyclic N) is 2. The molecule has 0 aromatic heterocycles. The lowest BCUT2D eigenvalue weighted by atomic mass is 10.0. The number of aliphatic carboxylic acids is 4. The number of carboxylic acids is 4. The quantitative estimate of drug-likeness (QED) is 0.0400. The third kappa shape index (κ3) is 25.4. The zero-order valence-corrected chi connectivity index (χ0v) is 37.5. The molecule has 0 saturated carbocycles. The van der Waals surface area contributed by atoms with Crippen LogP contribution in [0.1, 0.15) is 0 Å². The molecule has 0 aromatic carbocycles. The van der Waals surface area contributed by atoms with E-state index in [0.717, 1.165) is 0 Å². The van der Waals surface area contributed by atoms with E-state index in [-0.39, 0.29) is 111 Å². The van der Waals surface area contributed by atoms with Crippen molar-refractivity contribution in [2.45, 2.75) is 36.6 Å². The molecule has 2 heterocycles. The SMILES string of the molecule is COC(=O)CN1CCNCCN(CC(=O)O)CCN(CC(O)CN(CC(O)CN2CCN(CC(=O)O)CCN(CC(=O)O)CCN(CC(=O)O)CC2)CC(O)C(O)C(O)C(O)CO)CC1. The van der Waals surface area contributed by atoms with Crippen LogP contribution in [0.25, 0.3) is 0 Å². The van der Waals surface area contributed by atoms with E-state index >= 15 is 0 Å². The Morgan fingerprint density at radius 3 is 1.11 bits per heavy atom. The largest absolute Gasteiger partial charge is 0.480 e. The molecule has 0 spiro atoms. The zero-order chi connectivity index (χ0) is 48.5. The first-order chi connectivity index (χ1) is 30.8. The van der Waals surface area contributed by atoms with Gasteiger partial charge in [-0.25, -0.2) is 0 Å². The third-order valence-corrected chi connectivity index (χ3v) is 11.3. The molecule has 0 radical (unpaired) electrons. The Labute approximate surface area is 379 Å². The Morgan fingerprint density at radius 1 is 0.477 bits per heavy atom. The molecule has 2 rings (SSSR count). The lowest BCUT2D eigenvalue weighted by Crippen LogP contribution is -2.54. The number of nitrogens with zero attached hydrogens (tertiary/aromatic N) is 8. The van der Waals surface area contributed by atoms with Crippen molar-refractivity contribution in [2.24, 2.45) is 0 Å². The molecule has 0 amide bonds. The standard InChI is InChI=1S/C39H75N9O17/c1-65-37(62)27-42-5-3-40-2-4-41(23-33(54)55)6-8-43(9-7-42)18-29(50)20-48(22-31(52)38(63)39(64)32(53)28-49)21-30(51)19-44-10-12-45(24-34(56)57)14-16-47(26-36(60)61)17-15-46(13-11-44)25-35(58)59/h29-32,38-40,49-53,63-64H,2-28H2,1H3,(H,54,55)(H,56,57)(H,58,59)(H,60,61). The van der Waals surface area contributed by atoms with Crippen molar-refractivity contribution in [2.75, 3.05) is 184 Å². The summed E-state index contributed by atoms with van der Waals surface area (Å²) < 4.78 is 4.87. The second-order valence-electron chi connectivity index (χ2n) is 16.7. The molecular formula is C39H75N9O17. The Kier molecular flexibility index (Phi) is 28.2. The second kappa shape index (κ2) is 31.6. The van der Waals surface area contributed by atoms with Crippen LogP contribution in [0.2, 0.25) is 0 Å². The second-order valence-corrected chi connectivity index (χ2v) is 16.7. The maximum atomic E-state index is 12.2. The number of hydrogen-bond acceptors (Lipinski definition) is 22. The van der Waals surface area contributed by atoms with Crippen molar-refractivity contribution < 1.29 is 84.9 Å². The Balaban J connectivity index is 2.35. The molecule has 2 aliphatic heterocycles. The summed E-state index contributed by atoms with van der Waals surface area (Å²) >= 11 is 0. The summed E-state index contributed by atoms with van der Waals surface area (Å²) in [6.07, 6.45) is -9.87. The Bertz CT molecular complexity index is 1380. The van der Waals surface area contributed by atoms with E-state index in [1.807, 2.05) is 9.80 Å². The molecule has 0 bridgehead atoms. The average Bonchev–Trinajstić information content (AvgIpc) is 3.22. The van der Waals surface area contributed by atoms with Gasteiger partial charge in [-0.05, 0) is 0 Å². The minimum Gasteiger partial charge on any atom is -0.480 e. The fraction of sp³-hybridized carbons (Fsp3) is 0.872. The maximum absolute atomic E-state index is 12.2. The summed E-state index contributed by atoms with van der Waals surface area (Å²) in [6.45, 7) is 1.74. The predicted octanol–water partition coefficient (Wildman–Crippen LogP) is -8.31. The van der Waals surface area contributed by atoms with Crippen LogP contribution < -0.4 is 5.32 Å². The van der Waals surface area contributed by atoms with Gasteiger partial charge >= 0.3 is 29.8 Å². The summed E-state index contributed by atoms with van der Waals surface area (Å²) in [6, 6.07) is 0. The third-order valence-electron chi connectivity index (χ3n) is 11.3. The van der Waals surface area contributed by atoms with Gasteiger partial charge < -0.3 is 66.2 Å². The molecule has 378 valence electrons. The van der Waals surface area contributed by atoms with Crippen LogP contribution in [0.5, 0.6) is 0 Å². The minimum atomic E-state index is -1.96. The molecule has 26 nitrogen and oxygen atoms in total. The van der Waals surface area contributed by atoms with Crippen LogP contribution >= 0.6 is 0 Å². The van der Waals surface area contributed by atoms with Crippen molar-refractivity contribution >= 4 is 29.8 Å². The van der Waals surface area contributed by atoms with Gasteiger partial charge in [-0.3, -0.25) is 63.2 Å². The van der Waals surface area contributed by atoms with Crippen LogP contribution in [0, 0.1) is 0 Å². The monoisotopic (exact) mass is 942 g/mol. The van der Waals surface area contributed by atoms with Gasteiger partial charge in [0.1, 0.15) is 18.3 Å². The number of carbonyl (C=O) groups is 5. The van der Waals surface area contributed by atoms with Gasteiger partial charge in [-0.15, -0.1) is 0 Å². The lowest BCUT2D eigenvalue weighted by molar-refractivity contribution is -0.142. The summed E-state index contributed by atoms with van der Waals surface area (Å²) in [5.74, 6) is -4.74. The predicted molar refractivity (Wildman–Crippen MR) is 230 cm³/mol. The molecule has 65 heavy (non-hydrogen) atoms. The fourth-order valence-corrected chi connectivity index (χ4v) is 7.71. The van der Waals surface area contributed by atoms with E-state index in [9.17, 15) is 80.1 Å². The first kappa shape index (κ1) is 57.8. The highest BCUT2D eigenvalue weighted by atomic mass is 16.5. The number of carbonyl (C=O) groups excluding carboxylic acids is 1. The molecule has 6 unspecified atom stereocenters. The summed E-state index contributed by atoms with van der Waals surface area (Å²) in [5, 5.41) is 116. The van der Waals surface area contributed by atoms with Gasteiger partial charge in [0.15, 0.2) is 0 Å². The average molecular weight is 942 g/mol. The van der Waals surface area contributed by atoms with E-state index in [1.165, 1.54) is 12.0 Å². The summed E-state index contributed by atoms with van der Waals surface area (Å²) in [4.78, 5) is 72.5. The van der Waals surface area contributed by atoms with Crippen molar-refractivity contribution in [3.05, 3.63) is 0 Å². The number of methoxy groups -OCH3 is 1. The molecule has 0 aromatic rings. The normalized spacial score (nSPS) is 21.7. The van der Waals surface area contributed by atoms with E-state index in [4.69, 9.17) is 4.74 Å². The number of nitrogens with one attached hydrogen (secondary N) is 1. The molecule has 2 aliphatic rings. The van der Waals surface area contributed by atoms with Crippen LogP contribution in [-0.4, -0.2) is 346 Å². The van der Waals surface area contributed by atoms with Crippen LogP contribution in [0.3, 0.4) is 0 Å². The van der Waals surface area contributed by atoms with E-state index in [1.54, 1.807) is 24.5 Å². The number of carboxylic acid groups (broad SMARTS) is 4. The summed E-state index contributed by atoms with van der Waals surface area (Å²) in [5.41, 5.74) is 0. The lowest BCUT2D eigenvalue weighted by Gasteiger charge is -2.36. The molecule has 6 atom stereocenters. The topological polar surface area (TPSA) is 355 Å². The summed E-state index contributed by atoms with van der Waals surface area (Å²) in [7, 11) is 1.29. The number of esters is 1. The van der Waals surface area contributed by atoms with Gasteiger partial charge in [-0.2, -0.15) is 0 Å². The number of aliphatic hydroxyl groups excluding tert-OH is 7. The highest BCUT2D eigenvalue weighted by molar-refractivity contribution is 5.71. The highest BCUT2D eigenvalue weighted by Crippen LogP contribution is 2.11. The highest BCUT2D eigenvalue weighted by Gasteiger charge is 2.33. The Hall–Kier alpha value is -3.29. The van der Waals surface area contributed by atoms with Gasteiger partial charge in [0.25, 0.3) is 0 Å². The van der Waals surface area contributed by atoms with Crippen molar-refractivity contribution in [1.82, 2.24) is 44.5 Å². The maximum Gasteiger partial charge on any atom is 0.319 e. The van der Waals surface area contributed by atoms with Crippen LogP contribution in [0.4, 0.5) is 0 Å². The first-order valence-electron chi connectivity index (χ1n) is 21.9. The van der Waals surface area contributed by atoms with E-state index in [0.29, 0.717) is 52.4 Å². The van der Waals surface area contributed by atoms with Gasteiger partial charge in [0.05, 0.1) is 64.8 Å². The van der Waals surface area contributed by atoms with Crippen molar-refractivity contribution in [3.8, 4) is 0 Å². The first-order valence-corrected chi connectivity index (χ1v) is 21.9. The number of rotatable bonds is 24. The van der Waals surface area contributed by atoms with E-state index < -0.39 is 79.6 Å². The van der Waals surface area contributed by atoms with Crippen LogP contribution in [0.15, 0.2) is 0 Å². The molecule has 12 N–H and O–H groups in total.